The van der Waals surface area contributed by atoms with E-state index in [1.165, 1.54) is 25.7 Å². The zero-order valence-electron chi connectivity index (χ0n) is 40.4. The molecule has 3 rings (SSSR count). The maximum atomic E-state index is 14.0. The van der Waals surface area contributed by atoms with E-state index < -0.39 is 126 Å². The predicted octanol–water partition coefficient (Wildman–Crippen LogP) is -4.15. The van der Waals surface area contributed by atoms with E-state index in [-0.39, 0.29) is 25.3 Å². The summed E-state index contributed by atoms with van der Waals surface area (Å²) in [6.45, 7) is 8.41. The highest BCUT2D eigenvalue weighted by molar-refractivity contribution is 5.98. The lowest BCUT2D eigenvalue weighted by Gasteiger charge is -2.31. The molecule has 1 aromatic rings. The van der Waals surface area contributed by atoms with Crippen LogP contribution in [-0.2, 0) is 54.4 Å². The van der Waals surface area contributed by atoms with Crippen molar-refractivity contribution < 1.29 is 73.5 Å². The molecule has 2 aliphatic heterocycles. The molecule has 392 valence electrons. The van der Waals surface area contributed by atoms with E-state index in [9.17, 15) is 63.6 Å². The average molecular weight is 993 g/mol. The van der Waals surface area contributed by atoms with Gasteiger partial charge >= 0.3 is 5.97 Å². The van der Waals surface area contributed by atoms with Gasteiger partial charge in [0, 0.05) is 19.9 Å². The quantitative estimate of drug-likeness (QED) is 0.0414. The zero-order chi connectivity index (χ0) is 52.8. The molecular formula is C45H72N10O15. The van der Waals surface area contributed by atoms with E-state index in [4.69, 9.17) is 15.6 Å². The first-order chi connectivity index (χ1) is 32.9. The first-order valence-corrected chi connectivity index (χ1v) is 23.3. The van der Waals surface area contributed by atoms with Gasteiger partial charge in [0.05, 0.1) is 24.4 Å². The van der Waals surface area contributed by atoms with Crippen LogP contribution in [0.3, 0.4) is 0 Å². The summed E-state index contributed by atoms with van der Waals surface area (Å²) >= 11 is 0. The summed E-state index contributed by atoms with van der Waals surface area (Å²) in [5, 5.41) is 68.5. The maximum Gasteiger partial charge on any atom is 0.325 e. The first-order valence-electron chi connectivity index (χ1n) is 23.3. The molecule has 2 saturated heterocycles. The summed E-state index contributed by atoms with van der Waals surface area (Å²) in [7, 11) is 0. The molecule has 25 nitrogen and oxygen atoms in total. The van der Waals surface area contributed by atoms with Crippen molar-refractivity contribution in [2.45, 2.75) is 166 Å². The number of aliphatic hydroxyl groups excluding tert-OH is 3. The number of likely N-dealkylation sites (tertiary alicyclic amines) is 1. The second kappa shape index (κ2) is 29.7. The average Bonchev–Trinajstić information content (AvgIpc) is 4.02. The van der Waals surface area contributed by atoms with Crippen molar-refractivity contribution in [2.24, 2.45) is 5.73 Å². The molecule has 1 aromatic carbocycles. The van der Waals surface area contributed by atoms with Crippen molar-refractivity contribution in [3.63, 3.8) is 0 Å². The second-order valence-corrected chi connectivity index (χ2v) is 17.4. The Bertz CT molecular complexity index is 1950. The van der Waals surface area contributed by atoms with Crippen LogP contribution in [-0.4, -0.2) is 182 Å². The Hall–Kier alpha value is -6.28. The molecule has 2 heterocycles. The molecule has 8 amide bonds. The summed E-state index contributed by atoms with van der Waals surface area (Å²) < 4.78 is 0. The van der Waals surface area contributed by atoms with E-state index >= 15 is 0 Å². The molecule has 0 bridgehead atoms. The number of rotatable bonds is 25. The summed E-state index contributed by atoms with van der Waals surface area (Å²) in [6.07, 6.45) is -1.86. The maximum absolute atomic E-state index is 14.0. The van der Waals surface area contributed by atoms with E-state index in [0.29, 0.717) is 50.8 Å². The minimum atomic E-state index is -1.81. The monoisotopic (exact) mass is 993 g/mol. The van der Waals surface area contributed by atoms with Crippen LogP contribution in [0.4, 0.5) is 0 Å². The van der Waals surface area contributed by atoms with Crippen LogP contribution in [0.1, 0.15) is 92.1 Å². The zero-order valence-corrected chi connectivity index (χ0v) is 40.4. The van der Waals surface area contributed by atoms with Crippen LogP contribution >= 0.6 is 0 Å². The lowest BCUT2D eigenvalue weighted by atomic mass is 10.0. The number of amides is 8. The van der Waals surface area contributed by atoms with Crippen LogP contribution < -0.4 is 48.3 Å². The molecule has 2 aliphatic rings. The largest absolute Gasteiger partial charge is 0.481 e. The molecule has 70 heavy (non-hydrogen) atoms. The normalized spacial score (nSPS) is 19.5. The summed E-state index contributed by atoms with van der Waals surface area (Å²) in [5.74, 6) is -8.86. The Kier molecular flexibility index (Phi) is 25.4. The van der Waals surface area contributed by atoms with Gasteiger partial charge in [-0.25, -0.2) is 0 Å². The number of carboxylic acids is 2. The number of nitrogens with zero attached hydrogens (tertiary/aromatic N) is 1. The number of carbonyl (C=O) groups is 10. The molecule has 12 atom stereocenters. The van der Waals surface area contributed by atoms with Gasteiger partial charge in [-0.15, -0.1) is 0 Å². The molecule has 15 N–H and O–H groups in total. The summed E-state index contributed by atoms with van der Waals surface area (Å²) in [4.78, 5) is 130. The van der Waals surface area contributed by atoms with Gasteiger partial charge in [-0.1, -0.05) is 30.3 Å². The Morgan fingerprint density at radius 3 is 1.64 bits per heavy atom. The third-order valence-corrected chi connectivity index (χ3v) is 11.4. The van der Waals surface area contributed by atoms with Crippen LogP contribution in [0.2, 0.25) is 0 Å². The second-order valence-electron chi connectivity index (χ2n) is 17.4. The molecule has 0 aromatic heterocycles. The number of unbranched alkanes of at least 4 members (excludes halogenated alkanes) is 1. The van der Waals surface area contributed by atoms with Gasteiger partial charge in [-0.3, -0.25) is 47.9 Å². The fourth-order valence-electron chi connectivity index (χ4n) is 7.48. The van der Waals surface area contributed by atoms with Crippen molar-refractivity contribution in [3.8, 4) is 0 Å². The molecule has 0 radical (unpaired) electrons. The number of aliphatic hydroxyl groups is 3. The third kappa shape index (κ3) is 19.6. The van der Waals surface area contributed by atoms with Gasteiger partial charge in [0.15, 0.2) is 0 Å². The number of carboxylic acid groups (broad SMARTS) is 2. The Morgan fingerprint density at radius 1 is 0.643 bits per heavy atom. The highest BCUT2D eigenvalue weighted by atomic mass is 16.4. The predicted molar refractivity (Wildman–Crippen MR) is 250 cm³/mol. The smallest absolute Gasteiger partial charge is 0.325 e. The van der Waals surface area contributed by atoms with Gasteiger partial charge in [0.2, 0.25) is 47.3 Å². The molecule has 0 spiro atoms. The number of aliphatic carboxylic acids is 2. The van der Waals surface area contributed by atoms with Crippen LogP contribution in [0.25, 0.3) is 0 Å². The Morgan fingerprint density at radius 2 is 1.14 bits per heavy atom. The molecule has 0 saturated carbocycles. The van der Waals surface area contributed by atoms with Crippen molar-refractivity contribution >= 4 is 59.2 Å². The standard InChI is InChI=1S/C43H68N10O13.C2H4O2/c1-22(35(57)47-23(2)43(65)66)46-37(59)30(21-27-13-7-6-8-14-27)49-36(58)28(15-9-10-18-44)48-39(61)32(24(3)54)51-41(63)34(26(5)56)52-40(62)33(25(4)55)50-38(60)31-17-12-20-53(31)42(64)29-16-11-19-45-29;1-2(3)4/h6-8,13-14,22-26,28-34,45,54-56H,9-12,15-21,44H2,1-5H3,(H,46,59)(H,47,57)(H,48,61)(H,49,58)(H,50,60)(H,51,63)(H,52,62)(H,65,66);1H3,(H,3,4)/t22-,23-,24+,25+,26+,28-,29-,30-,31-,32-,33-,34-;/m0./s1. The first kappa shape index (κ1) is 59.8. The minimum absolute atomic E-state index is 0.0239. The highest BCUT2D eigenvalue weighted by Crippen LogP contribution is 2.21. The number of benzene rings is 1. The van der Waals surface area contributed by atoms with Crippen LogP contribution in [0.5, 0.6) is 0 Å². The van der Waals surface area contributed by atoms with Crippen LogP contribution in [0, 0.1) is 0 Å². The number of nitrogens with two attached hydrogens (primary N) is 1. The number of carbonyl (C=O) groups excluding carboxylic acids is 8. The lowest BCUT2D eigenvalue weighted by Crippen LogP contribution is -2.64. The SMILES string of the molecule is CC(=O)O.C[C@H](NC(=O)[C@H](C)NC(=O)[C@H](Cc1ccccc1)NC(=O)[C@H](CCCCN)NC(=O)[C@@H](NC(=O)[C@@H](NC(=O)[C@@H](NC(=O)[C@@H]1CCCN1C(=O)[C@@H]1CCCN1)[C@@H](C)O)[C@@H](C)O)[C@@H](C)O)C(=O)O. The van der Waals surface area contributed by atoms with Crippen molar-refractivity contribution in [2.75, 3.05) is 19.6 Å². The topological polar surface area (TPSA) is 397 Å². The van der Waals surface area contributed by atoms with E-state index in [0.717, 1.165) is 27.2 Å². The fourth-order valence-corrected chi connectivity index (χ4v) is 7.48. The van der Waals surface area contributed by atoms with Gasteiger partial charge in [-0.05, 0) is 98.2 Å². The molecule has 25 heteroatoms. The Labute approximate surface area is 406 Å². The molecule has 0 aliphatic carbocycles. The Balaban J connectivity index is 0.00000403. The molecule has 2 fully saturated rings. The van der Waals surface area contributed by atoms with Gasteiger partial charge < -0.3 is 78.7 Å². The highest BCUT2D eigenvalue weighted by Gasteiger charge is 2.41. The summed E-state index contributed by atoms with van der Waals surface area (Å²) in [5.41, 5.74) is 6.30. The number of hydrogen-bond acceptors (Lipinski definition) is 15. The molecule has 0 unspecified atom stereocenters. The fraction of sp³-hybridized carbons (Fsp3) is 0.644. The van der Waals surface area contributed by atoms with Crippen LogP contribution in [0.15, 0.2) is 30.3 Å². The minimum Gasteiger partial charge on any atom is -0.481 e. The molecular weight excluding hydrogens is 921 g/mol. The number of nitrogens with one attached hydrogen (secondary N) is 8. The van der Waals surface area contributed by atoms with Gasteiger partial charge in [0.25, 0.3) is 5.97 Å². The van der Waals surface area contributed by atoms with E-state index in [1.807, 2.05) is 0 Å². The lowest BCUT2D eigenvalue weighted by molar-refractivity contribution is -0.142. The van der Waals surface area contributed by atoms with E-state index in [1.54, 1.807) is 30.3 Å². The van der Waals surface area contributed by atoms with Gasteiger partial charge in [-0.2, -0.15) is 0 Å². The third-order valence-electron chi connectivity index (χ3n) is 11.4. The number of hydrogen-bond donors (Lipinski definition) is 14. The van der Waals surface area contributed by atoms with Crippen molar-refractivity contribution in [1.82, 2.24) is 47.4 Å². The summed E-state index contributed by atoms with van der Waals surface area (Å²) in [6, 6.07) is -3.24. The van der Waals surface area contributed by atoms with Crippen molar-refractivity contribution in [1.29, 1.82) is 0 Å². The van der Waals surface area contributed by atoms with Crippen molar-refractivity contribution in [3.05, 3.63) is 35.9 Å². The van der Waals surface area contributed by atoms with E-state index in [2.05, 4.69) is 42.5 Å². The van der Waals surface area contributed by atoms with Gasteiger partial charge in [0.1, 0.15) is 48.3 Å².